The molecule has 2 aromatic carbocycles. The van der Waals surface area contributed by atoms with E-state index in [1.807, 2.05) is 0 Å². The third-order valence-corrected chi connectivity index (χ3v) is 6.08. The zero-order chi connectivity index (χ0) is 25.5. The van der Waals surface area contributed by atoms with E-state index in [1.54, 1.807) is 72.8 Å². The number of rotatable bonds is 10. The maximum atomic E-state index is 13.9. The first-order chi connectivity index (χ1) is 17.4. The zero-order valence-electron chi connectivity index (χ0n) is 18.4. The van der Waals surface area contributed by atoms with Crippen molar-refractivity contribution in [3.63, 3.8) is 0 Å². The first-order valence-corrected chi connectivity index (χ1v) is 12.0. The molecule has 184 valence electrons. The summed E-state index contributed by atoms with van der Waals surface area (Å²) in [6, 6.07) is 20.2. The lowest BCUT2D eigenvalue weighted by Crippen LogP contribution is -2.28. The number of benzene rings is 2. The molecular formula is C25H18Cl4N4O3. The van der Waals surface area contributed by atoms with Gasteiger partial charge in [-0.3, -0.25) is 15.6 Å². The predicted molar refractivity (Wildman–Crippen MR) is 145 cm³/mol. The fraction of sp³-hybridized carbons (Fsp3) is 0.0800. The van der Waals surface area contributed by atoms with Crippen molar-refractivity contribution in [2.75, 3.05) is 10.9 Å². The SMILES string of the molecule is O=C(C(C(Cl)=NNc1ccc(Cl)cc1)c1ccco1)C(C(Cl)=NNc1ccc(Cl)cc1)c1ccco1. The Bertz CT molecular complexity index is 1230. The van der Waals surface area contributed by atoms with E-state index in [4.69, 9.17) is 55.2 Å². The average Bonchev–Trinajstić information content (AvgIpc) is 3.59. The Labute approximate surface area is 226 Å². The van der Waals surface area contributed by atoms with Gasteiger partial charge in [0, 0.05) is 10.0 Å². The van der Waals surface area contributed by atoms with Crippen LogP contribution in [0.15, 0.2) is 104 Å². The number of hydrogen-bond acceptors (Lipinski definition) is 7. The molecule has 2 unspecified atom stereocenters. The average molecular weight is 564 g/mol. The first kappa shape index (κ1) is 25.9. The van der Waals surface area contributed by atoms with Gasteiger partial charge in [-0.25, -0.2) is 0 Å². The van der Waals surface area contributed by atoms with Crippen LogP contribution in [0.5, 0.6) is 0 Å². The first-order valence-electron chi connectivity index (χ1n) is 10.5. The summed E-state index contributed by atoms with van der Waals surface area (Å²) in [5, 5.41) is 9.38. The molecule has 2 aromatic heterocycles. The Morgan fingerprint density at radius 3 is 1.39 bits per heavy atom. The number of halogens is 4. The molecule has 0 aliphatic carbocycles. The number of nitrogens with one attached hydrogen (secondary N) is 2. The van der Waals surface area contributed by atoms with Gasteiger partial charge in [-0.1, -0.05) is 46.4 Å². The Morgan fingerprint density at radius 2 is 1.06 bits per heavy atom. The molecule has 11 heteroatoms. The van der Waals surface area contributed by atoms with Crippen LogP contribution in [0.1, 0.15) is 23.4 Å². The van der Waals surface area contributed by atoms with Crippen molar-refractivity contribution in [1.29, 1.82) is 0 Å². The molecule has 0 radical (unpaired) electrons. The molecule has 2 heterocycles. The number of Topliss-reactive ketones (excluding diaryl/α,β-unsaturated/α-hetero) is 1. The highest BCUT2D eigenvalue weighted by molar-refractivity contribution is 6.71. The third-order valence-electron chi connectivity index (χ3n) is 4.97. The normalized spacial score (nSPS) is 13.8. The maximum Gasteiger partial charge on any atom is 0.168 e. The fourth-order valence-electron chi connectivity index (χ4n) is 3.24. The molecule has 0 saturated carbocycles. The summed E-state index contributed by atoms with van der Waals surface area (Å²) in [7, 11) is 0. The molecule has 0 fully saturated rings. The van der Waals surface area contributed by atoms with Crippen LogP contribution in [0.3, 0.4) is 0 Å². The summed E-state index contributed by atoms with van der Waals surface area (Å²) in [5.41, 5.74) is 6.88. The van der Waals surface area contributed by atoms with E-state index in [2.05, 4.69) is 21.1 Å². The van der Waals surface area contributed by atoms with Gasteiger partial charge >= 0.3 is 0 Å². The van der Waals surface area contributed by atoms with E-state index in [-0.39, 0.29) is 21.9 Å². The number of furan rings is 2. The zero-order valence-corrected chi connectivity index (χ0v) is 21.4. The molecule has 0 saturated heterocycles. The molecule has 0 amide bonds. The van der Waals surface area contributed by atoms with E-state index in [0.717, 1.165) is 0 Å². The van der Waals surface area contributed by atoms with Crippen molar-refractivity contribution in [2.45, 2.75) is 11.8 Å². The minimum absolute atomic E-state index is 0.0726. The summed E-state index contributed by atoms with van der Waals surface area (Å²) in [5.74, 6) is -2.11. The van der Waals surface area contributed by atoms with Gasteiger partial charge < -0.3 is 8.83 Å². The lowest BCUT2D eigenvalue weighted by atomic mass is 9.90. The maximum absolute atomic E-state index is 13.9. The summed E-state index contributed by atoms with van der Waals surface area (Å²) >= 11 is 25.0. The van der Waals surface area contributed by atoms with E-state index >= 15 is 0 Å². The lowest BCUT2D eigenvalue weighted by molar-refractivity contribution is -0.119. The second-order valence-corrected chi connectivity index (χ2v) is 9.05. The van der Waals surface area contributed by atoms with Crippen molar-refractivity contribution in [1.82, 2.24) is 0 Å². The van der Waals surface area contributed by atoms with E-state index in [9.17, 15) is 4.79 Å². The van der Waals surface area contributed by atoms with E-state index < -0.39 is 17.6 Å². The van der Waals surface area contributed by atoms with Gasteiger partial charge in [0.25, 0.3) is 0 Å². The molecule has 7 nitrogen and oxygen atoms in total. The number of anilines is 2. The van der Waals surface area contributed by atoms with E-state index in [0.29, 0.717) is 21.4 Å². The third kappa shape index (κ3) is 6.50. The molecule has 4 rings (SSSR count). The Balaban J connectivity index is 1.65. The molecule has 2 atom stereocenters. The van der Waals surface area contributed by atoms with Crippen molar-refractivity contribution in [3.05, 3.63) is 107 Å². The van der Waals surface area contributed by atoms with Crippen LogP contribution in [-0.2, 0) is 4.79 Å². The predicted octanol–water partition coefficient (Wildman–Crippen LogP) is 7.94. The quantitative estimate of drug-likeness (QED) is 0.151. The monoisotopic (exact) mass is 562 g/mol. The Morgan fingerprint density at radius 1 is 0.667 bits per heavy atom. The van der Waals surface area contributed by atoms with Crippen molar-refractivity contribution >= 4 is 73.9 Å². The number of carbonyl (C=O) groups excluding carboxylic acids is 1. The van der Waals surface area contributed by atoms with Gasteiger partial charge in [0.05, 0.1) is 23.9 Å². The summed E-state index contributed by atoms with van der Waals surface area (Å²) < 4.78 is 11.0. The van der Waals surface area contributed by atoms with Crippen molar-refractivity contribution in [3.8, 4) is 0 Å². The molecule has 2 N–H and O–H groups in total. The van der Waals surface area contributed by atoms with Crippen molar-refractivity contribution in [2.24, 2.45) is 10.2 Å². The number of carbonyl (C=O) groups is 1. The van der Waals surface area contributed by atoms with Gasteiger partial charge in [-0.15, -0.1) is 0 Å². The highest BCUT2D eigenvalue weighted by Crippen LogP contribution is 2.32. The van der Waals surface area contributed by atoms with Gasteiger partial charge in [0.2, 0.25) is 0 Å². The molecule has 36 heavy (non-hydrogen) atoms. The van der Waals surface area contributed by atoms with Gasteiger partial charge in [-0.05, 0) is 72.8 Å². The minimum atomic E-state index is -1.10. The summed E-state index contributed by atoms with van der Waals surface area (Å²) in [6.45, 7) is 0. The smallest absolute Gasteiger partial charge is 0.168 e. The van der Waals surface area contributed by atoms with Crippen LogP contribution in [0.2, 0.25) is 10.0 Å². The highest BCUT2D eigenvalue weighted by Gasteiger charge is 2.38. The minimum Gasteiger partial charge on any atom is -0.468 e. The van der Waals surface area contributed by atoms with Crippen LogP contribution in [0, 0.1) is 0 Å². The van der Waals surface area contributed by atoms with Crippen LogP contribution < -0.4 is 10.9 Å². The van der Waals surface area contributed by atoms with E-state index in [1.165, 1.54) is 12.5 Å². The molecular weight excluding hydrogens is 546 g/mol. The Kier molecular flexibility index (Phi) is 8.72. The topological polar surface area (TPSA) is 92.1 Å². The van der Waals surface area contributed by atoms with Crippen LogP contribution >= 0.6 is 46.4 Å². The summed E-state index contributed by atoms with van der Waals surface area (Å²) in [6.07, 6.45) is 2.87. The molecule has 4 aromatic rings. The van der Waals surface area contributed by atoms with Gasteiger partial charge in [-0.2, -0.15) is 10.2 Å². The molecule has 0 aliphatic rings. The molecule has 0 aliphatic heterocycles. The number of ketones is 1. The second kappa shape index (κ2) is 12.1. The van der Waals surface area contributed by atoms with Crippen LogP contribution in [0.25, 0.3) is 0 Å². The van der Waals surface area contributed by atoms with Gasteiger partial charge in [0.1, 0.15) is 33.7 Å². The summed E-state index contributed by atoms with van der Waals surface area (Å²) in [4.78, 5) is 13.9. The lowest BCUT2D eigenvalue weighted by Gasteiger charge is -2.18. The second-order valence-electron chi connectivity index (χ2n) is 7.41. The fourth-order valence-corrected chi connectivity index (χ4v) is 4.01. The van der Waals surface area contributed by atoms with Gasteiger partial charge in [0.15, 0.2) is 5.78 Å². The van der Waals surface area contributed by atoms with Crippen LogP contribution in [0.4, 0.5) is 11.4 Å². The highest BCUT2D eigenvalue weighted by atomic mass is 35.5. The van der Waals surface area contributed by atoms with Crippen LogP contribution in [-0.4, -0.2) is 16.1 Å². The number of hydrogen-bond donors (Lipinski definition) is 2. The van der Waals surface area contributed by atoms with Crippen molar-refractivity contribution < 1.29 is 13.6 Å². The number of nitrogens with zero attached hydrogens (tertiary/aromatic N) is 2. The standard InChI is InChI=1S/C25H18Cl4N4O3/c26-15-5-9-17(10-6-15)30-32-24(28)21(19-3-1-13-35-19)23(34)22(20-4-2-14-36-20)25(29)33-31-18-11-7-16(27)8-12-18/h1-14,21-22,30-31H. The largest absolute Gasteiger partial charge is 0.468 e. The Hall–Kier alpha value is -3.23. The molecule has 0 bridgehead atoms. The number of hydrazone groups is 2. The molecule has 0 spiro atoms.